The van der Waals surface area contributed by atoms with Crippen molar-refractivity contribution in [2.45, 2.75) is 179 Å². The Labute approximate surface area is 194 Å². The normalized spacial score (nSPS) is 12.8. The van der Waals surface area contributed by atoms with E-state index >= 15 is 0 Å². The lowest BCUT2D eigenvalue weighted by atomic mass is 10.0. The lowest BCUT2D eigenvalue weighted by Crippen LogP contribution is -2.40. The van der Waals surface area contributed by atoms with Gasteiger partial charge in [0.05, 0.1) is 0 Å². The maximum Gasteiger partial charge on any atom is 0.0408 e. The van der Waals surface area contributed by atoms with Gasteiger partial charge in [0.1, 0.15) is 0 Å². The third kappa shape index (κ3) is 15.9. The Hall–Kier alpha value is 0.150. The van der Waals surface area contributed by atoms with E-state index in [0.29, 0.717) is 0 Å². The molecule has 0 rings (SSSR count). The molecule has 0 aromatic carbocycles. The zero-order chi connectivity index (χ0) is 22.7. The van der Waals surface area contributed by atoms with Gasteiger partial charge in [0.2, 0.25) is 0 Å². The van der Waals surface area contributed by atoms with Crippen LogP contribution in [0.3, 0.4) is 0 Å². The van der Waals surface area contributed by atoms with Gasteiger partial charge in [-0.25, -0.2) is 0 Å². The SMILES string of the molecule is CCCCCCCCCCCC(C)(C)S(=O)C(C)(C)CCCCCCCCCCC. The van der Waals surface area contributed by atoms with Crippen LogP contribution in [-0.4, -0.2) is 13.7 Å². The molecule has 0 bridgehead atoms. The molecule has 0 unspecified atom stereocenters. The van der Waals surface area contributed by atoms with Crippen LogP contribution in [0.15, 0.2) is 0 Å². The summed E-state index contributed by atoms with van der Waals surface area (Å²) in [7, 11) is -0.766. The van der Waals surface area contributed by atoms with E-state index in [-0.39, 0.29) is 9.49 Å². The van der Waals surface area contributed by atoms with Crippen molar-refractivity contribution < 1.29 is 4.21 Å². The second kappa shape index (κ2) is 18.7. The number of hydrogen-bond donors (Lipinski definition) is 0. The van der Waals surface area contributed by atoms with Gasteiger partial charge in [-0.2, -0.15) is 0 Å². The van der Waals surface area contributed by atoms with Gasteiger partial charge in [-0.05, 0) is 40.5 Å². The third-order valence-corrected chi connectivity index (χ3v) is 9.18. The molecule has 0 N–H and O–H groups in total. The topological polar surface area (TPSA) is 17.1 Å². The van der Waals surface area contributed by atoms with E-state index < -0.39 is 10.8 Å². The van der Waals surface area contributed by atoms with E-state index in [4.69, 9.17) is 0 Å². The Morgan fingerprint density at radius 2 is 0.667 bits per heavy atom. The van der Waals surface area contributed by atoms with Crippen molar-refractivity contribution in [3.63, 3.8) is 0 Å². The van der Waals surface area contributed by atoms with Crippen molar-refractivity contribution >= 4 is 10.8 Å². The molecule has 0 atom stereocenters. The quantitative estimate of drug-likeness (QED) is 0.152. The molecule has 0 saturated heterocycles. The maximum atomic E-state index is 13.3. The Morgan fingerprint density at radius 1 is 0.433 bits per heavy atom. The molecule has 1 nitrogen and oxygen atoms in total. The van der Waals surface area contributed by atoms with Crippen molar-refractivity contribution in [3.05, 3.63) is 0 Å². The van der Waals surface area contributed by atoms with Gasteiger partial charge in [-0.1, -0.05) is 129 Å². The molecule has 0 heterocycles. The molecule has 0 amide bonds. The summed E-state index contributed by atoms with van der Waals surface area (Å²) in [5, 5.41) is 0. The lowest BCUT2D eigenvalue weighted by Gasteiger charge is -2.34. The van der Waals surface area contributed by atoms with Crippen molar-refractivity contribution in [1.29, 1.82) is 0 Å². The van der Waals surface area contributed by atoms with Crippen LogP contribution >= 0.6 is 0 Å². The van der Waals surface area contributed by atoms with Gasteiger partial charge >= 0.3 is 0 Å². The average molecular weight is 443 g/mol. The Morgan fingerprint density at radius 3 is 0.933 bits per heavy atom. The average Bonchev–Trinajstić information content (AvgIpc) is 2.70. The third-order valence-electron chi connectivity index (χ3n) is 6.77. The van der Waals surface area contributed by atoms with Crippen LogP contribution in [0.1, 0.15) is 170 Å². The minimum atomic E-state index is -0.766. The van der Waals surface area contributed by atoms with Crippen molar-refractivity contribution in [3.8, 4) is 0 Å². The molecular weight excluding hydrogens is 384 g/mol. The highest BCUT2D eigenvalue weighted by Gasteiger charge is 2.36. The monoisotopic (exact) mass is 442 g/mol. The molecule has 0 saturated carbocycles. The van der Waals surface area contributed by atoms with Gasteiger partial charge in [0.25, 0.3) is 0 Å². The molecule has 0 spiro atoms. The first kappa shape index (κ1) is 30.1. The summed E-state index contributed by atoms with van der Waals surface area (Å²) < 4.78 is 13.2. The fraction of sp³-hybridized carbons (Fsp3) is 1.00. The standard InChI is InChI=1S/C28H58OS/c1-7-9-11-13-15-17-19-21-23-25-27(3,4)30(29)28(5,6)26-24-22-20-18-16-14-12-10-8-2/h7-26H2,1-6H3. The van der Waals surface area contributed by atoms with Gasteiger partial charge in [-0.15, -0.1) is 0 Å². The summed E-state index contributed by atoms with van der Waals surface area (Å²) in [5.74, 6) is 0. The summed E-state index contributed by atoms with van der Waals surface area (Å²) in [6.45, 7) is 13.5. The summed E-state index contributed by atoms with van der Waals surface area (Å²) in [5.41, 5.74) is 0. The summed E-state index contributed by atoms with van der Waals surface area (Å²) in [6, 6.07) is 0. The fourth-order valence-electron chi connectivity index (χ4n) is 4.66. The predicted octanol–water partition coefficient (Wildman–Crippen LogP) is 10.1. The van der Waals surface area contributed by atoms with Crippen LogP contribution in [0.2, 0.25) is 0 Å². The first-order chi connectivity index (χ1) is 14.3. The fourth-order valence-corrected chi connectivity index (χ4v) is 6.81. The first-order valence-electron chi connectivity index (χ1n) is 13.7. The largest absolute Gasteiger partial charge is 0.258 e. The Balaban J connectivity index is 3.91. The second-order valence-electron chi connectivity index (χ2n) is 10.9. The highest BCUT2D eigenvalue weighted by Crippen LogP contribution is 2.33. The zero-order valence-corrected chi connectivity index (χ0v) is 22.8. The first-order valence-corrected chi connectivity index (χ1v) is 14.8. The molecule has 0 aromatic heterocycles. The van der Waals surface area contributed by atoms with Crippen LogP contribution in [0, 0.1) is 0 Å². The van der Waals surface area contributed by atoms with E-state index in [1.54, 1.807) is 0 Å². The predicted molar refractivity (Wildman–Crippen MR) is 140 cm³/mol. The molecule has 30 heavy (non-hydrogen) atoms. The highest BCUT2D eigenvalue weighted by molar-refractivity contribution is 7.87. The van der Waals surface area contributed by atoms with Gasteiger partial charge in [0.15, 0.2) is 0 Å². The second-order valence-corrected chi connectivity index (χ2v) is 13.7. The smallest absolute Gasteiger partial charge is 0.0408 e. The van der Waals surface area contributed by atoms with E-state index in [1.165, 1.54) is 116 Å². The molecule has 182 valence electrons. The number of rotatable bonds is 22. The van der Waals surface area contributed by atoms with Gasteiger partial charge in [-0.3, -0.25) is 4.21 Å². The van der Waals surface area contributed by atoms with Crippen molar-refractivity contribution in [2.75, 3.05) is 0 Å². The molecule has 0 radical (unpaired) electrons. The molecule has 2 heteroatoms. The van der Waals surface area contributed by atoms with E-state index in [0.717, 1.165) is 12.8 Å². The number of hydrogen-bond acceptors (Lipinski definition) is 1. The van der Waals surface area contributed by atoms with Crippen molar-refractivity contribution in [1.82, 2.24) is 0 Å². The molecule has 0 aliphatic heterocycles. The molecule has 0 aliphatic rings. The molecule has 0 fully saturated rings. The zero-order valence-electron chi connectivity index (χ0n) is 22.0. The van der Waals surface area contributed by atoms with Gasteiger partial charge in [0, 0.05) is 20.3 Å². The van der Waals surface area contributed by atoms with Crippen LogP contribution in [-0.2, 0) is 10.8 Å². The minimum absolute atomic E-state index is 0.0517. The maximum absolute atomic E-state index is 13.3. The number of unbranched alkanes of at least 4 members (excludes halogenated alkanes) is 16. The lowest BCUT2D eigenvalue weighted by molar-refractivity contribution is 0.487. The van der Waals surface area contributed by atoms with Crippen molar-refractivity contribution in [2.24, 2.45) is 0 Å². The Bertz CT molecular complexity index is 363. The van der Waals surface area contributed by atoms with Crippen LogP contribution < -0.4 is 0 Å². The van der Waals surface area contributed by atoms with Crippen LogP contribution in [0.5, 0.6) is 0 Å². The molecule has 0 aliphatic carbocycles. The Kier molecular flexibility index (Phi) is 18.8. The summed E-state index contributed by atoms with van der Waals surface area (Å²) in [4.78, 5) is 0. The molecule has 0 aromatic rings. The molecular formula is C28H58OS. The van der Waals surface area contributed by atoms with E-state index in [1.807, 2.05) is 0 Å². The van der Waals surface area contributed by atoms with E-state index in [2.05, 4.69) is 41.5 Å². The van der Waals surface area contributed by atoms with Gasteiger partial charge < -0.3 is 0 Å². The van der Waals surface area contributed by atoms with Crippen LogP contribution in [0.25, 0.3) is 0 Å². The van der Waals surface area contributed by atoms with E-state index in [9.17, 15) is 4.21 Å². The minimum Gasteiger partial charge on any atom is -0.258 e. The highest BCUT2D eigenvalue weighted by atomic mass is 32.2. The van der Waals surface area contributed by atoms with Crippen LogP contribution in [0.4, 0.5) is 0 Å². The summed E-state index contributed by atoms with van der Waals surface area (Å²) in [6.07, 6.45) is 26.7. The summed E-state index contributed by atoms with van der Waals surface area (Å²) >= 11 is 0.